The first-order valence-electron chi connectivity index (χ1n) is 7.55. The molecule has 0 saturated carbocycles. The number of nitrogens with zero attached hydrogens (tertiary/aromatic N) is 1. The Labute approximate surface area is 156 Å². The van der Waals surface area contributed by atoms with Gasteiger partial charge in [0.1, 0.15) is 5.75 Å². The SMILES string of the molecule is CSc1ccccc1NC(=O)CN(C)C(=O)COc1ccccc1Cl. The number of hydrogen-bond donors (Lipinski definition) is 1. The van der Waals surface area contributed by atoms with Crippen molar-refractivity contribution in [2.24, 2.45) is 0 Å². The van der Waals surface area contributed by atoms with E-state index in [1.54, 1.807) is 43.1 Å². The van der Waals surface area contributed by atoms with Crippen molar-refractivity contribution in [2.75, 3.05) is 31.8 Å². The van der Waals surface area contributed by atoms with Gasteiger partial charge in [-0.25, -0.2) is 0 Å². The highest BCUT2D eigenvalue weighted by molar-refractivity contribution is 7.98. The number of likely N-dealkylation sites (N-methyl/N-ethyl adjacent to an activating group) is 1. The van der Waals surface area contributed by atoms with Gasteiger partial charge in [0, 0.05) is 11.9 Å². The number of anilines is 1. The number of carbonyl (C=O) groups is 2. The average molecular weight is 379 g/mol. The summed E-state index contributed by atoms with van der Waals surface area (Å²) in [4.78, 5) is 26.5. The topological polar surface area (TPSA) is 58.6 Å². The number of carbonyl (C=O) groups excluding carboxylic acids is 2. The van der Waals surface area contributed by atoms with Crippen LogP contribution in [0.4, 0.5) is 5.69 Å². The van der Waals surface area contributed by atoms with Gasteiger partial charge in [0.25, 0.3) is 5.91 Å². The molecule has 7 heteroatoms. The van der Waals surface area contributed by atoms with Crippen molar-refractivity contribution in [3.63, 3.8) is 0 Å². The van der Waals surface area contributed by atoms with E-state index in [9.17, 15) is 9.59 Å². The molecule has 132 valence electrons. The minimum Gasteiger partial charge on any atom is -0.482 e. The fourth-order valence-corrected chi connectivity index (χ4v) is 2.80. The van der Waals surface area contributed by atoms with E-state index >= 15 is 0 Å². The lowest BCUT2D eigenvalue weighted by Crippen LogP contribution is -2.37. The molecular formula is C18H19ClN2O3S. The predicted octanol–water partition coefficient (Wildman–Crippen LogP) is 3.54. The Morgan fingerprint density at radius 2 is 1.84 bits per heavy atom. The molecule has 5 nitrogen and oxygen atoms in total. The third kappa shape index (κ3) is 5.69. The van der Waals surface area contributed by atoms with Crippen molar-refractivity contribution in [2.45, 2.75) is 4.90 Å². The van der Waals surface area contributed by atoms with Crippen molar-refractivity contribution in [3.8, 4) is 5.75 Å². The van der Waals surface area contributed by atoms with Crippen LogP contribution in [0.25, 0.3) is 0 Å². The summed E-state index contributed by atoms with van der Waals surface area (Å²) < 4.78 is 5.40. The molecule has 0 aliphatic carbocycles. The largest absolute Gasteiger partial charge is 0.482 e. The summed E-state index contributed by atoms with van der Waals surface area (Å²) in [6, 6.07) is 14.4. The normalized spacial score (nSPS) is 10.2. The molecule has 0 spiro atoms. The van der Waals surface area contributed by atoms with E-state index in [1.165, 1.54) is 4.90 Å². The van der Waals surface area contributed by atoms with E-state index in [0.717, 1.165) is 10.6 Å². The van der Waals surface area contributed by atoms with Crippen LogP contribution in [-0.2, 0) is 9.59 Å². The monoisotopic (exact) mass is 378 g/mol. The lowest BCUT2D eigenvalue weighted by molar-refractivity contribution is -0.135. The maximum absolute atomic E-state index is 12.1. The molecule has 2 amide bonds. The van der Waals surface area contributed by atoms with Gasteiger partial charge < -0.3 is 15.0 Å². The zero-order valence-electron chi connectivity index (χ0n) is 14.0. The van der Waals surface area contributed by atoms with E-state index in [1.807, 2.05) is 30.5 Å². The highest BCUT2D eigenvalue weighted by Gasteiger charge is 2.15. The molecule has 0 aliphatic heterocycles. The van der Waals surface area contributed by atoms with Crippen LogP contribution >= 0.6 is 23.4 Å². The van der Waals surface area contributed by atoms with E-state index in [4.69, 9.17) is 16.3 Å². The lowest BCUT2D eigenvalue weighted by Gasteiger charge is -2.18. The van der Waals surface area contributed by atoms with Gasteiger partial charge in [0.2, 0.25) is 5.91 Å². The van der Waals surface area contributed by atoms with Crippen molar-refractivity contribution in [1.29, 1.82) is 0 Å². The van der Waals surface area contributed by atoms with Gasteiger partial charge in [-0.3, -0.25) is 9.59 Å². The lowest BCUT2D eigenvalue weighted by atomic mass is 10.3. The molecule has 2 rings (SSSR count). The third-order valence-corrected chi connectivity index (χ3v) is 4.48. The molecule has 0 aliphatic rings. The van der Waals surface area contributed by atoms with Crippen molar-refractivity contribution in [3.05, 3.63) is 53.6 Å². The molecule has 25 heavy (non-hydrogen) atoms. The Balaban J connectivity index is 1.86. The number of hydrogen-bond acceptors (Lipinski definition) is 4. The summed E-state index contributed by atoms with van der Waals surface area (Å²) in [5, 5.41) is 3.25. The van der Waals surface area contributed by atoms with Crippen LogP contribution in [0.5, 0.6) is 5.75 Å². The van der Waals surface area contributed by atoms with Gasteiger partial charge in [-0.05, 0) is 30.5 Å². The molecule has 0 unspecified atom stereocenters. The van der Waals surface area contributed by atoms with Crippen LogP contribution in [0, 0.1) is 0 Å². The number of nitrogens with one attached hydrogen (secondary N) is 1. The quantitative estimate of drug-likeness (QED) is 0.749. The Bertz CT molecular complexity index is 755. The average Bonchev–Trinajstić information content (AvgIpc) is 2.61. The van der Waals surface area contributed by atoms with E-state index in [0.29, 0.717) is 10.8 Å². The van der Waals surface area contributed by atoms with E-state index < -0.39 is 0 Å². The highest BCUT2D eigenvalue weighted by atomic mass is 35.5. The Morgan fingerprint density at radius 1 is 1.16 bits per heavy atom. The van der Waals surface area contributed by atoms with Crippen LogP contribution in [0.15, 0.2) is 53.4 Å². The fraction of sp³-hybridized carbons (Fsp3) is 0.222. The summed E-state index contributed by atoms with van der Waals surface area (Å²) in [6.07, 6.45) is 1.94. The second kappa shape index (κ2) is 9.34. The first-order chi connectivity index (χ1) is 12.0. The van der Waals surface area contributed by atoms with Crippen LogP contribution < -0.4 is 10.1 Å². The Kier molecular flexibility index (Phi) is 7.16. The van der Waals surface area contributed by atoms with Gasteiger partial charge in [-0.1, -0.05) is 35.9 Å². The molecule has 0 fully saturated rings. The smallest absolute Gasteiger partial charge is 0.260 e. The standard InChI is InChI=1S/C18H19ClN2O3S/c1-21(18(23)12-24-15-9-5-3-7-13(15)19)11-17(22)20-14-8-4-6-10-16(14)25-2/h3-10H,11-12H2,1-2H3,(H,20,22). The van der Waals surface area contributed by atoms with Crippen molar-refractivity contribution < 1.29 is 14.3 Å². The molecule has 0 radical (unpaired) electrons. The van der Waals surface area contributed by atoms with Gasteiger partial charge in [-0.15, -0.1) is 11.8 Å². The molecule has 0 bridgehead atoms. The molecule has 1 N–H and O–H groups in total. The molecule has 0 saturated heterocycles. The number of ether oxygens (including phenoxy) is 1. The maximum Gasteiger partial charge on any atom is 0.260 e. The molecule has 0 atom stereocenters. The zero-order valence-corrected chi connectivity index (χ0v) is 15.6. The minimum absolute atomic E-state index is 0.0621. The summed E-state index contributed by atoms with van der Waals surface area (Å²) in [5.41, 5.74) is 0.730. The minimum atomic E-state index is -0.312. The number of rotatable bonds is 7. The molecule has 0 heterocycles. The second-order valence-electron chi connectivity index (χ2n) is 5.22. The highest BCUT2D eigenvalue weighted by Crippen LogP contribution is 2.24. The van der Waals surface area contributed by atoms with Crippen LogP contribution in [0.1, 0.15) is 0 Å². The number of amides is 2. The van der Waals surface area contributed by atoms with E-state index in [-0.39, 0.29) is 25.0 Å². The van der Waals surface area contributed by atoms with E-state index in [2.05, 4.69) is 5.32 Å². The first kappa shape index (κ1) is 19.1. The summed E-state index contributed by atoms with van der Waals surface area (Å²) in [6.45, 7) is -0.248. The Hall–Kier alpha value is -2.18. The van der Waals surface area contributed by atoms with Gasteiger partial charge in [-0.2, -0.15) is 0 Å². The zero-order chi connectivity index (χ0) is 18.2. The van der Waals surface area contributed by atoms with Crippen LogP contribution in [0.3, 0.4) is 0 Å². The first-order valence-corrected chi connectivity index (χ1v) is 9.15. The third-order valence-electron chi connectivity index (χ3n) is 3.38. The molecular weight excluding hydrogens is 360 g/mol. The van der Waals surface area contributed by atoms with Gasteiger partial charge in [0.05, 0.1) is 17.3 Å². The molecule has 2 aromatic carbocycles. The number of halogens is 1. The summed E-state index contributed by atoms with van der Waals surface area (Å²) >= 11 is 7.52. The van der Waals surface area contributed by atoms with Gasteiger partial charge >= 0.3 is 0 Å². The second-order valence-corrected chi connectivity index (χ2v) is 6.47. The number of para-hydroxylation sites is 2. The maximum atomic E-state index is 12.1. The van der Waals surface area contributed by atoms with Gasteiger partial charge in [0.15, 0.2) is 6.61 Å². The Morgan fingerprint density at radius 3 is 2.56 bits per heavy atom. The summed E-state index contributed by atoms with van der Waals surface area (Å²) in [5.74, 6) is -0.146. The van der Waals surface area contributed by atoms with Crippen molar-refractivity contribution in [1.82, 2.24) is 4.90 Å². The van der Waals surface area contributed by atoms with Crippen LogP contribution in [-0.4, -0.2) is 43.2 Å². The van der Waals surface area contributed by atoms with Crippen LogP contribution in [0.2, 0.25) is 5.02 Å². The number of thioether (sulfide) groups is 1. The molecule has 2 aromatic rings. The molecule has 0 aromatic heterocycles. The fourth-order valence-electron chi connectivity index (χ4n) is 2.05. The number of benzene rings is 2. The predicted molar refractivity (Wildman–Crippen MR) is 101 cm³/mol. The van der Waals surface area contributed by atoms with Crippen molar-refractivity contribution >= 4 is 40.9 Å². The summed E-state index contributed by atoms with van der Waals surface area (Å²) in [7, 11) is 1.55.